The number of benzene rings is 1. The van der Waals surface area contributed by atoms with Crippen LogP contribution in [0.2, 0.25) is 0 Å². The lowest BCUT2D eigenvalue weighted by molar-refractivity contribution is -0.141. The maximum Gasteiger partial charge on any atom is 0.233 e. The zero-order valence-corrected chi connectivity index (χ0v) is 34.6. The van der Waals surface area contributed by atoms with Crippen LogP contribution in [-0.2, 0) is 25.7 Å². The number of imide groups is 1. The number of rotatable bonds is 21. The molecule has 1 aromatic heterocycles. The summed E-state index contributed by atoms with van der Waals surface area (Å²) in [6.07, 6.45) is 15.9. The number of nitrogens with one attached hydrogen (secondary N) is 1. The Bertz CT molecular complexity index is 1760. The molecule has 4 amide bonds. The van der Waals surface area contributed by atoms with Crippen LogP contribution in [0, 0.1) is 34.3 Å². The smallest absolute Gasteiger partial charge is 0.233 e. The average molecular weight is 794 g/mol. The molecular formula is C44H61F2N5O4S. The van der Waals surface area contributed by atoms with Crippen molar-refractivity contribution in [2.24, 2.45) is 28.4 Å². The van der Waals surface area contributed by atoms with Gasteiger partial charge in [-0.2, -0.15) is 11.8 Å². The van der Waals surface area contributed by atoms with E-state index >= 15 is 4.39 Å². The second-order valence-corrected chi connectivity index (χ2v) is 17.2. The molecule has 3 unspecified atom stereocenters. The molecule has 0 radical (unpaired) electrons. The average Bonchev–Trinajstić information content (AvgIpc) is 3.70. The molecule has 1 aliphatic heterocycles. The predicted octanol–water partition coefficient (Wildman–Crippen LogP) is 7.83. The Kier molecular flexibility index (Phi) is 16.3. The molecule has 2 heterocycles. The van der Waals surface area contributed by atoms with Crippen LogP contribution < -0.4 is 11.1 Å². The number of nitrogens with zero attached hydrogens (tertiary/aromatic N) is 3. The van der Waals surface area contributed by atoms with Gasteiger partial charge in [-0.15, -0.1) is 6.58 Å². The van der Waals surface area contributed by atoms with E-state index in [-0.39, 0.29) is 78.1 Å². The number of halogens is 2. The molecule has 1 aromatic carbocycles. The first-order valence-corrected chi connectivity index (χ1v) is 21.1. The van der Waals surface area contributed by atoms with Crippen molar-refractivity contribution >= 4 is 35.4 Å². The van der Waals surface area contributed by atoms with E-state index in [0.717, 1.165) is 37.1 Å². The number of hydrogen-bond donors (Lipinski definition) is 2. The van der Waals surface area contributed by atoms with Gasteiger partial charge in [-0.25, -0.2) is 8.78 Å². The van der Waals surface area contributed by atoms with Crippen LogP contribution in [-0.4, -0.2) is 75.7 Å². The van der Waals surface area contributed by atoms with E-state index in [1.807, 2.05) is 49.2 Å². The van der Waals surface area contributed by atoms with Crippen LogP contribution >= 0.6 is 11.8 Å². The number of thioether (sulfide) groups is 1. The lowest BCUT2D eigenvalue weighted by Gasteiger charge is -2.41. The lowest BCUT2D eigenvalue weighted by Crippen LogP contribution is -2.44. The number of amides is 4. The molecule has 2 aliphatic rings. The Morgan fingerprint density at radius 1 is 1.14 bits per heavy atom. The highest BCUT2D eigenvalue weighted by atomic mass is 32.2. The highest BCUT2D eigenvalue weighted by Crippen LogP contribution is 2.45. The standard InChI is InChI=1S/C44H61F2N5O4S/c1-7-19-44(8-2,9-3)35-27-39(53)51(42(35)55)23-21-48-38(52)18-24-56-30-40(54)50(22-13-20-47)41(43(4,5)6)37-25-32(34-26-33(45)16-17-36(34)46)29-49(37)28-31-14-11-10-12-15-31/h7,10-12,14,16-17,25-26,29,31,35,41H,1,8-9,13,15,18-24,27-28,30,47H2,2-6H3,(H,48,52). The molecular weight excluding hydrogens is 733 g/mol. The first-order valence-electron chi connectivity index (χ1n) is 20.0. The van der Waals surface area contributed by atoms with Crippen LogP contribution in [0.25, 0.3) is 11.1 Å². The first kappa shape index (κ1) is 44.7. The van der Waals surface area contributed by atoms with Gasteiger partial charge in [0.1, 0.15) is 11.6 Å². The fourth-order valence-electron chi connectivity index (χ4n) is 8.19. The quantitative estimate of drug-likeness (QED) is 0.0757. The minimum absolute atomic E-state index is 0.109. The van der Waals surface area contributed by atoms with Crippen molar-refractivity contribution in [1.82, 2.24) is 19.7 Å². The van der Waals surface area contributed by atoms with Crippen molar-refractivity contribution in [3.8, 4) is 11.1 Å². The van der Waals surface area contributed by atoms with E-state index in [1.165, 1.54) is 22.7 Å². The first-order chi connectivity index (χ1) is 26.7. The Balaban J connectivity index is 1.42. The number of carbonyl (C=O) groups excluding carboxylic acids is 4. The SMILES string of the molecule is C=CCC(CC)(CC)C1CC(=O)N(CCNC(=O)CCSCC(=O)N(CCCN)C(c2cc(-c3cc(F)ccc3F)cn2CC2C=CC=CC2)C(C)(C)C)C1=O. The second kappa shape index (κ2) is 20.4. The number of likely N-dealkylation sites (tertiary alicyclic amines) is 1. The summed E-state index contributed by atoms with van der Waals surface area (Å²) in [6.45, 7) is 15.8. The molecule has 1 fully saturated rings. The van der Waals surface area contributed by atoms with Gasteiger partial charge < -0.3 is 20.5 Å². The third kappa shape index (κ3) is 11.1. The van der Waals surface area contributed by atoms with Gasteiger partial charge in [0.05, 0.1) is 17.7 Å². The highest BCUT2D eigenvalue weighted by Gasteiger charge is 2.48. The Morgan fingerprint density at radius 3 is 2.54 bits per heavy atom. The van der Waals surface area contributed by atoms with Gasteiger partial charge >= 0.3 is 0 Å². The number of carbonyl (C=O) groups is 4. The van der Waals surface area contributed by atoms with E-state index < -0.39 is 23.1 Å². The maximum atomic E-state index is 15.1. The van der Waals surface area contributed by atoms with E-state index in [4.69, 9.17) is 5.73 Å². The molecule has 4 rings (SSSR count). The van der Waals surface area contributed by atoms with Crippen molar-refractivity contribution in [3.05, 3.63) is 84.7 Å². The summed E-state index contributed by atoms with van der Waals surface area (Å²) in [5.74, 6) is -1.46. The van der Waals surface area contributed by atoms with Crippen molar-refractivity contribution in [1.29, 1.82) is 0 Å². The zero-order valence-electron chi connectivity index (χ0n) is 33.8. The van der Waals surface area contributed by atoms with Gasteiger partial charge in [-0.1, -0.05) is 65.0 Å². The summed E-state index contributed by atoms with van der Waals surface area (Å²) in [6, 6.07) is 4.89. The number of aromatic nitrogens is 1. The summed E-state index contributed by atoms with van der Waals surface area (Å²) >= 11 is 1.36. The van der Waals surface area contributed by atoms with Crippen LogP contribution in [0.4, 0.5) is 8.78 Å². The van der Waals surface area contributed by atoms with E-state index in [9.17, 15) is 23.6 Å². The van der Waals surface area contributed by atoms with Gasteiger partial charge in [0.25, 0.3) is 0 Å². The zero-order chi connectivity index (χ0) is 41.0. The van der Waals surface area contributed by atoms with Crippen LogP contribution in [0.5, 0.6) is 0 Å². The second-order valence-electron chi connectivity index (χ2n) is 16.1. The molecule has 1 aliphatic carbocycles. The molecule has 3 N–H and O–H groups in total. The van der Waals surface area contributed by atoms with Gasteiger partial charge in [-0.05, 0) is 79.7 Å². The molecule has 3 atom stereocenters. The molecule has 1 saturated heterocycles. The van der Waals surface area contributed by atoms with Crippen LogP contribution in [0.1, 0.15) is 91.3 Å². The maximum absolute atomic E-state index is 15.1. The van der Waals surface area contributed by atoms with E-state index in [0.29, 0.717) is 43.8 Å². The third-order valence-corrected chi connectivity index (χ3v) is 12.2. The van der Waals surface area contributed by atoms with Gasteiger partial charge in [0.15, 0.2) is 0 Å². The molecule has 0 bridgehead atoms. The Labute approximate surface area is 336 Å². The minimum Gasteiger partial charge on any atom is -0.354 e. The largest absolute Gasteiger partial charge is 0.354 e. The molecule has 0 spiro atoms. The Hall–Kier alpha value is -4.03. The fraction of sp³-hybridized carbons (Fsp3) is 0.545. The predicted molar refractivity (Wildman–Crippen MR) is 221 cm³/mol. The van der Waals surface area contributed by atoms with Crippen molar-refractivity contribution in [3.63, 3.8) is 0 Å². The highest BCUT2D eigenvalue weighted by molar-refractivity contribution is 7.99. The minimum atomic E-state index is -0.534. The molecule has 12 heteroatoms. The Morgan fingerprint density at radius 2 is 1.89 bits per heavy atom. The van der Waals surface area contributed by atoms with Gasteiger partial charge in [-0.3, -0.25) is 24.1 Å². The van der Waals surface area contributed by atoms with Crippen LogP contribution in [0.3, 0.4) is 0 Å². The van der Waals surface area contributed by atoms with Crippen molar-refractivity contribution in [2.75, 3.05) is 37.7 Å². The molecule has 9 nitrogen and oxygen atoms in total. The normalized spacial score (nSPS) is 17.8. The summed E-state index contributed by atoms with van der Waals surface area (Å²) in [5.41, 5.74) is 6.73. The third-order valence-electron chi connectivity index (χ3n) is 11.3. The summed E-state index contributed by atoms with van der Waals surface area (Å²) in [5, 5.41) is 2.83. The monoisotopic (exact) mass is 793 g/mol. The molecule has 306 valence electrons. The summed E-state index contributed by atoms with van der Waals surface area (Å²) < 4.78 is 31.6. The molecule has 2 aromatic rings. The number of nitrogens with two attached hydrogens (primary N) is 1. The lowest BCUT2D eigenvalue weighted by atomic mass is 9.68. The number of hydrogen-bond acceptors (Lipinski definition) is 6. The van der Waals surface area contributed by atoms with Gasteiger partial charge in [0.2, 0.25) is 23.6 Å². The van der Waals surface area contributed by atoms with E-state index in [2.05, 4.69) is 49.4 Å². The van der Waals surface area contributed by atoms with Crippen molar-refractivity contribution in [2.45, 2.75) is 92.2 Å². The summed E-state index contributed by atoms with van der Waals surface area (Å²) in [7, 11) is 0. The van der Waals surface area contributed by atoms with Gasteiger partial charge in [0, 0.05) is 67.8 Å². The molecule has 56 heavy (non-hydrogen) atoms. The topological polar surface area (TPSA) is 118 Å². The van der Waals surface area contributed by atoms with Crippen LogP contribution in [0.15, 0.2) is 67.4 Å². The number of allylic oxidation sites excluding steroid dienone is 5. The fourth-order valence-corrected chi connectivity index (χ4v) is 9.01. The summed E-state index contributed by atoms with van der Waals surface area (Å²) in [4.78, 5) is 56.2. The van der Waals surface area contributed by atoms with Crippen molar-refractivity contribution < 1.29 is 28.0 Å². The molecule has 0 saturated carbocycles. The van der Waals surface area contributed by atoms with E-state index in [1.54, 1.807) is 0 Å².